The molecule has 2 rings (SSSR count). The molecular formula is C15H17NO5. The van der Waals surface area contributed by atoms with Crippen molar-refractivity contribution in [1.29, 1.82) is 0 Å². The number of aliphatic hydroxyl groups is 1. The number of aliphatic hydroxyl groups excluding tert-OH is 1. The zero-order valence-electron chi connectivity index (χ0n) is 11.7. The Kier molecular flexibility index (Phi) is 4.94. The van der Waals surface area contributed by atoms with Gasteiger partial charge in [0.05, 0.1) is 13.2 Å². The van der Waals surface area contributed by atoms with Gasteiger partial charge in [0.1, 0.15) is 16.9 Å². The van der Waals surface area contributed by atoms with Crippen LogP contribution in [-0.4, -0.2) is 30.8 Å². The fraction of sp³-hybridized carbons (Fsp3) is 0.333. The van der Waals surface area contributed by atoms with E-state index in [0.29, 0.717) is 23.3 Å². The second-order valence-corrected chi connectivity index (χ2v) is 4.48. The van der Waals surface area contributed by atoms with Gasteiger partial charge in [0.25, 0.3) is 5.91 Å². The number of carbonyl (C=O) groups excluding carboxylic acids is 1. The summed E-state index contributed by atoms with van der Waals surface area (Å²) in [4.78, 5) is 23.6. The highest BCUT2D eigenvalue weighted by molar-refractivity contribution is 5.96. The molecular weight excluding hydrogens is 274 g/mol. The Morgan fingerprint density at radius 2 is 2.19 bits per heavy atom. The van der Waals surface area contributed by atoms with E-state index in [0.717, 1.165) is 6.42 Å². The smallest absolute Gasteiger partial charge is 0.349 e. The minimum Gasteiger partial charge on any atom is -0.493 e. The average Bonchev–Trinajstić information content (AvgIpc) is 2.49. The molecule has 2 N–H and O–H groups in total. The first-order valence-electron chi connectivity index (χ1n) is 6.75. The first kappa shape index (κ1) is 15.1. The van der Waals surface area contributed by atoms with Gasteiger partial charge in [-0.1, -0.05) is 6.92 Å². The summed E-state index contributed by atoms with van der Waals surface area (Å²) < 4.78 is 10.6. The lowest BCUT2D eigenvalue weighted by atomic mass is 10.1. The van der Waals surface area contributed by atoms with E-state index >= 15 is 0 Å². The Morgan fingerprint density at radius 1 is 1.38 bits per heavy atom. The predicted octanol–water partition coefficient (Wildman–Crippen LogP) is 1.30. The number of fused-ring (bicyclic) bond motifs is 1. The number of nitrogens with one attached hydrogen (secondary N) is 1. The van der Waals surface area contributed by atoms with E-state index < -0.39 is 11.5 Å². The standard InChI is InChI=1S/C15H17NO5/c1-2-7-20-11-4-3-10-8-12(14(18)16-5-6-17)15(19)21-13(10)9-11/h3-4,8-9,17H,2,5-7H2,1H3,(H,16,18). The predicted molar refractivity (Wildman–Crippen MR) is 77.7 cm³/mol. The van der Waals surface area contributed by atoms with Crippen LogP contribution in [0.1, 0.15) is 23.7 Å². The molecule has 1 heterocycles. The molecule has 21 heavy (non-hydrogen) atoms. The third-order valence-electron chi connectivity index (χ3n) is 2.82. The van der Waals surface area contributed by atoms with E-state index in [2.05, 4.69) is 5.32 Å². The molecule has 0 saturated heterocycles. The number of benzene rings is 1. The van der Waals surface area contributed by atoms with Crippen molar-refractivity contribution in [2.24, 2.45) is 0 Å². The topological polar surface area (TPSA) is 88.8 Å². The first-order chi connectivity index (χ1) is 10.2. The van der Waals surface area contributed by atoms with Crippen LogP contribution in [0.2, 0.25) is 0 Å². The van der Waals surface area contributed by atoms with Crippen molar-refractivity contribution in [3.63, 3.8) is 0 Å². The number of ether oxygens (including phenoxy) is 1. The Bertz CT molecular complexity index is 692. The minimum atomic E-state index is -0.717. The van der Waals surface area contributed by atoms with Crippen LogP contribution in [-0.2, 0) is 0 Å². The van der Waals surface area contributed by atoms with Gasteiger partial charge >= 0.3 is 5.63 Å². The lowest BCUT2D eigenvalue weighted by Crippen LogP contribution is -2.30. The number of carbonyl (C=O) groups is 1. The van der Waals surface area contributed by atoms with Crippen molar-refractivity contribution in [3.8, 4) is 5.75 Å². The van der Waals surface area contributed by atoms with Crippen molar-refractivity contribution in [2.75, 3.05) is 19.8 Å². The fourth-order valence-electron chi connectivity index (χ4n) is 1.82. The summed E-state index contributed by atoms with van der Waals surface area (Å²) in [6.07, 6.45) is 0.881. The molecule has 0 aliphatic carbocycles. The summed E-state index contributed by atoms with van der Waals surface area (Å²) in [5.74, 6) is 0.0518. The average molecular weight is 291 g/mol. The summed E-state index contributed by atoms with van der Waals surface area (Å²) in [5.41, 5.74) is -0.434. The lowest BCUT2D eigenvalue weighted by Gasteiger charge is -2.06. The molecule has 0 aliphatic heterocycles. The molecule has 6 heteroatoms. The van der Waals surface area contributed by atoms with Gasteiger partial charge in [0.2, 0.25) is 0 Å². The van der Waals surface area contributed by atoms with Crippen LogP contribution < -0.4 is 15.7 Å². The third kappa shape index (κ3) is 3.61. The molecule has 1 aromatic heterocycles. The summed E-state index contributed by atoms with van der Waals surface area (Å²) >= 11 is 0. The maximum Gasteiger partial charge on any atom is 0.349 e. The van der Waals surface area contributed by atoms with E-state index in [1.165, 1.54) is 6.07 Å². The van der Waals surface area contributed by atoms with Gasteiger partial charge in [-0.05, 0) is 24.6 Å². The van der Waals surface area contributed by atoms with Crippen LogP contribution in [0.4, 0.5) is 0 Å². The van der Waals surface area contributed by atoms with Crippen molar-refractivity contribution < 1.29 is 19.1 Å². The van der Waals surface area contributed by atoms with Crippen molar-refractivity contribution in [3.05, 3.63) is 40.2 Å². The Hall–Kier alpha value is -2.34. The van der Waals surface area contributed by atoms with Gasteiger partial charge in [-0.15, -0.1) is 0 Å². The van der Waals surface area contributed by atoms with E-state index in [-0.39, 0.29) is 18.7 Å². The molecule has 0 spiro atoms. The van der Waals surface area contributed by atoms with Crippen LogP contribution in [0.15, 0.2) is 33.5 Å². The normalized spacial score (nSPS) is 10.6. The van der Waals surface area contributed by atoms with Crippen LogP contribution in [0.5, 0.6) is 5.75 Å². The minimum absolute atomic E-state index is 0.0834. The van der Waals surface area contributed by atoms with Gasteiger partial charge < -0.3 is 19.6 Å². The lowest BCUT2D eigenvalue weighted by molar-refractivity contribution is 0.0941. The van der Waals surface area contributed by atoms with Gasteiger partial charge in [-0.3, -0.25) is 4.79 Å². The number of hydrogen-bond acceptors (Lipinski definition) is 5. The highest BCUT2D eigenvalue weighted by atomic mass is 16.5. The zero-order valence-corrected chi connectivity index (χ0v) is 11.7. The van der Waals surface area contributed by atoms with Gasteiger partial charge in [0, 0.05) is 18.0 Å². The SMILES string of the molecule is CCCOc1ccc2cc(C(=O)NCCO)c(=O)oc2c1. The zero-order chi connectivity index (χ0) is 15.2. The number of amides is 1. The second-order valence-electron chi connectivity index (χ2n) is 4.48. The molecule has 1 amide bonds. The van der Waals surface area contributed by atoms with Crippen LogP contribution in [0.3, 0.4) is 0 Å². The van der Waals surface area contributed by atoms with Crippen LogP contribution in [0.25, 0.3) is 11.0 Å². The molecule has 0 atom stereocenters. The fourth-order valence-corrected chi connectivity index (χ4v) is 1.82. The van der Waals surface area contributed by atoms with Crippen LogP contribution >= 0.6 is 0 Å². The van der Waals surface area contributed by atoms with Crippen molar-refractivity contribution >= 4 is 16.9 Å². The van der Waals surface area contributed by atoms with Gasteiger partial charge in [-0.25, -0.2) is 4.79 Å². The van der Waals surface area contributed by atoms with E-state index in [4.69, 9.17) is 14.3 Å². The summed E-state index contributed by atoms with van der Waals surface area (Å²) in [5, 5.41) is 11.7. The van der Waals surface area contributed by atoms with E-state index in [9.17, 15) is 9.59 Å². The molecule has 0 unspecified atom stereocenters. The van der Waals surface area contributed by atoms with Gasteiger partial charge in [-0.2, -0.15) is 0 Å². The molecule has 6 nitrogen and oxygen atoms in total. The molecule has 0 bridgehead atoms. The summed E-state index contributed by atoms with van der Waals surface area (Å²) in [7, 11) is 0. The number of hydrogen-bond donors (Lipinski definition) is 2. The number of rotatable bonds is 6. The Morgan fingerprint density at radius 3 is 2.90 bits per heavy atom. The molecule has 0 radical (unpaired) electrons. The maximum atomic E-state index is 11.8. The quantitative estimate of drug-likeness (QED) is 0.783. The van der Waals surface area contributed by atoms with Crippen molar-refractivity contribution in [2.45, 2.75) is 13.3 Å². The third-order valence-corrected chi connectivity index (χ3v) is 2.82. The monoisotopic (exact) mass is 291 g/mol. The molecule has 0 saturated carbocycles. The highest BCUT2D eigenvalue weighted by Gasteiger charge is 2.13. The molecule has 112 valence electrons. The highest BCUT2D eigenvalue weighted by Crippen LogP contribution is 2.20. The van der Waals surface area contributed by atoms with E-state index in [1.54, 1.807) is 18.2 Å². The van der Waals surface area contributed by atoms with Crippen LogP contribution in [0, 0.1) is 0 Å². The largest absolute Gasteiger partial charge is 0.493 e. The molecule has 0 fully saturated rings. The first-order valence-corrected chi connectivity index (χ1v) is 6.75. The summed E-state index contributed by atoms with van der Waals surface area (Å²) in [6, 6.07) is 6.58. The molecule has 0 aliphatic rings. The second kappa shape index (κ2) is 6.90. The molecule has 1 aromatic carbocycles. The molecule has 2 aromatic rings. The Labute approximate surface area is 121 Å². The summed E-state index contributed by atoms with van der Waals surface area (Å²) in [6.45, 7) is 2.47. The van der Waals surface area contributed by atoms with Gasteiger partial charge in [0.15, 0.2) is 0 Å². The van der Waals surface area contributed by atoms with Crippen molar-refractivity contribution in [1.82, 2.24) is 5.32 Å². The van der Waals surface area contributed by atoms with E-state index in [1.807, 2.05) is 6.92 Å². The Balaban J connectivity index is 2.33. The maximum absolute atomic E-state index is 11.8.